The number of unbranched alkanes of at least 4 members (excludes halogenated alkanes) is 1. The van der Waals surface area contributed by atoms with Crippen molar-refractivity contribution < 1.29 is 4.74 Å². The molecule has 19 heavy (non-hydrogen) atoms. The summed E-state index contributed by atoms with van der Waals surface area (Å²) in [7, 11) is 0. The van der Waals surface area contributed by atoms with Gasteiger partial charge in [-0.05, 0) is 49.7 Å². The van der Waals surface area contributed by atoms with Crippen LogP contribution >= 0.6 is 12.2 Å². The number of aryl methyl sites for hydroxylation is 2. The summed E-state index contributed by atoms with van der Waals surface area (Å²) in [6.45, 7) is 6.86. The van der Waals surface area contributed by atoms with Crippen molar-refractivity contribution in [2.75, 3.05) is 13.2 Å². The Morgan fingerprint density at radius 2 is 2.05 bits per heavy atom. The molecule has 0 bridgehead atoms. The molecule has 1 heterocycles. The Kier molecular flexibility index (Phi) is 5.16. The molecule has 3 nitrogen and oxygen atoms in total. The van der Waals surface area contributed by atoms with Gasteiger partial charge in [-0.2, -0.15) is 0 Å². The summed E-state index contributed by atoms with van der Waals surface area (Å²) in [5.41, 5.74) is 3.56. The van der Waals surface area contributed by atoms with Gasteiger partial charge in [0.15, 0.2) is 4.77 Å². The standard InChI is InChI=1S/C15H22N2OS/c1-3-4-9-18-10-5-8-17-14-7-6-12(2)11-13(14)16-15(17)19/h6-7,11H,3-5,8-10H2,1-2H3,(H,16,19). The minimum atomic E-state index is 0.800. The van der Waals surface area contributed by atoms with Crippen LogP contribution in [0.25, 0.3) is 11.0 Å². The minimum Gasteiger partial charge on any atom is -0.381 e. The Morgan fingerprint density at radius 1 is 1.26 bits per heavy atom. The molecule has 0 aliphatic heterocycles. The first-order valence-corrected chi connectivity index (χ1v) is 7.40. The van der Waals surface area contributed by atoms with Crippen molar-refractivity contribution in [1.29, 1.82) is 0 Å². The summed E-state index contributed by atoms with van der Waals surface area (Å²) >= 11 is 5.38. The molecule has 0 radical (unpaired) electrons. The highest BCUT2D eigenvalue weighted by Crippen LogP contribution is 2.16. The van der Waals surface area contributed by atoms with E-state index in [9.17, 15) is 0 Å². The maximum absolute atomic E-state index is 5.59. The van der Waals surface area contributed by atoms with Gasteiger partial charge >= 0.3 is 0 Å². The number of aromatic nitrogens is 2. The van der Waals surface area contributed by atoms with Gasteiger partial charge in [0.25, 0.3) is 0 Å². The molecule has 0 fully saturated rings. The highest BCUT2D eigenvalue weighted by atomic mass is 32.1. The van der Waals surface area contributed by atoms with E-state index in [0.29, 0.717) is 0 Å². The number of ether oxygens (including phenoxy) is 1. The molecular weight excluding hydrogens is 256 g/mol. The van der Waals surface area contributed by atoms with Crippen LogP contribution in [-0.4, -0.2) is 22.8 Å². The fourth-order valence-electron chi connectivity index (χ4n) is 2.17. The van der Waals surface area contributed by atoms with Gasteiger partial charge < -0.3 is 14.3 Å². The van der Waals surface area contributed by atoms with E-state index in [-0.39, 0.29) is 0 Å². The number of fused-ring (bicyclic) bond motifs is 1. The van der Waals surface area contributed by atoms with E-state index in [1.165, 1.54) is 17.5 Å². The highest BCUT2D eigenvalue weighted by Gasteiger charge is 2.03. The van der Waals surface area contributed by atoms with Crippen molar-refractivity contribution >= 4 is 23.3 Å². The van der Waals surface area contributed by atoms with Crippen LogP contribution in [0, 0.1) is 11.7 Å². The number of imidazole rings is 1. The van der Waals surface area contributed by atoms with Gasteiger partial charge in [-0.1, -0.05) is 19.4 Å². The van der Waals surface area contributed by atoms with Crippen LogP contribution in [0.1, 0.15) is 31.7 Å². The van der Waals surface area contributed by atoms with Crippen LogP contribution in [-0.2, 0) is 11.3 Å². The Hall–Kier alpha value is -1.13. The fourth-order valence-corrected chi connectivity index (χ4v) is 2.47. The Balaban J connectivity index is 1.97. The summed E-state index contributed by atoms with van der Waals surface area (Å²) in [6.07, 6.45) is 3.33. The summed E-state index contributed by atoms with van der Waals surface area (Å²) in [5, 5.41) is 0. The van der Waals surface area contributed by atoms with E-state index in [4.69, 9.17) is 17.0 Å². The molecule has 0 unspecified atom stereocenters. The number of hydrogen-bond donors (Lipinski definition) is 1. The zero-order valence-electron chi connectivity index (χ0n) is 11.7. The van der Waals surface area contributed by atoms with Crippen molar-refractivity contribution in [2.24, 2.45) is 0 Å². The van der Waals surface area contributed by atoms with Crippen molar-refractivity contribution in [3.8, 4) is 0 Å². The molecular formula is C15H22N2OS. The molecule has 2 aromatic rings. The highest BCUT2D eigenvalue weighted by molar-refractivity contribution is 7.71. The van der Waals surface area contributed by atoms with Crippen molar-refractivity contribution in [3.63, 3.8) is 0 Å². The molecule has 1 aromatic heterocycles. The Morgan fingerprint density at radius 3 is 2.84 bits per heavy atom. The lowest BCUT2D eigenvalue weighted by atomic mass is 10.2. The van der Waals surface area contributed by atoms with Crippen LogP contribution in [0.4, 0.5) is 0 Å². The summed E-state index contributed by atoms with van der Waals surface area (Å²) < 4.78 is 8.55. The largest absolute Gasteiger partial charge is 0.381 e. The zero-order chi connectivity index (χ0) is 13.7. The lowest BCUT2D eigenvalue weighted by Gasteiger charge is -2.06. The number of aromatic amines is 1. The van der Waals surface area contributed by atoms with Gasteiger partial charge in [-0.15, -0.1) is 0 Å². The van der Waals surface area contributed by atoms with Crippen LogP contribution in [0.15, 0.2) is 18.2 Å². The SMILES string of the molecule is CCCCOCCCn1c(=S)[nH]c2cc(C)ccc21. The van der Waals surface area contributed by atoms with Crippen molar-refractivity contribution in [3.05, 3.63) is 28.5 Å². The van der Waals surface area contributed by atoms with E-state index >= 15 is 0 Å². The molecule has 0 saturated carbocycles. The van der Waals surface area contributed by atoms with Crippen LogP contribution in [0.5, 0.6) is 0 Å². The van der Waals surface area contributed by atoms with Gasteiger partial charge in [-0.3, -0.25) is 0 Å². The monoisotopic (exact) mass is 278 g/mol. The van der Waals surface area contributed by atoms with Gasteiger partial charge in [-0.25, -0.2) is 0 Å². The number of H-pyrrole nitrogens is 1. The van der Waals surface area contributed by atoms with E-state index in [1.54, 1.807) is 0 Å². The Labute approximate surface area is 119 Å². The minimum absolute atomic E-state index is 0.800. The summed E-state index contributed by atoms with van der Waals surface area (Å²) in [4.78, 5) is 3.27. The molecule has 1 N–H and O–H groups in total. The molecule has 2 rings (SSSR count). The molecule has 1 aromatic carbocycles. The molecule has 0 spiro atoms. The first-order chi connectivity index (χ1) is 9.22. The smallest absolute Gasteiger partial charge is 0.178 e. The number of benzene rings is 1. The second kappa shape index (κ2) is 6.87. The molecule has 0 aliphatic carbocycles. The lowest BCUT2D eigenvalue weighted by Crippen LogP contribution is -2.03. The van der Waals surface area contributed by atoms with E-state index in [1.807, 2.05) is 0 Å². The Bertz CT molecular complexity index is 585. The van der Waals surface area contributed by atoms with Gasteiger partial charge in [0.2, 0.25) is 0 Å². The quantitative estimate of drug-likeness (QED) is 0.607. The molecule has 0 saturated heterocycles. The maximum atomic E-state index is 5.59. The normalized spacial score (nSPS) is 11.3. The predicted octanol–water partition coefficient (Wildman–Crippen LogP) is 4.21. The zero-order valence-corrected chi connectivity index (χ0v) is 12.6. The molecule has 0 atom stereocenters. The first kappa shape index (κ1) is 14.3. The average molecular weight is 278 g/mol. The third-order valence-corrected chi connectivity index (χ3v) is 3.56. The van der Waals surface area contributed by atoms with Crippen molar-refractivity contribution in [1.82, 2.24) is 9.55 Å². The fraction of sp³-hybridized carbons (Fsp3) is 0.533. The lowest BCUT2D eigenvalue weighted by molar-refractivity contribution is 0.126. The van der Waals surface area contributed by atoms with E-state index < -0.39 is 0 Å². The summed E-state index contributed by atoms with van der Waals surface area (Å²) in [6, 6.07) is 6.40. The van der Waals surface area contributed by atoms with E-state index in [0.717, 1.165) is 42.9 Å². The number of nitrogens with zero attached hydrogens (tertiary/aromatic N) is 1. The summed E-state index contributed by atoms with van der Waals surface area (Å²) in [5.74, 6) is 0. The van der Waals surface area contributed by atoms with Crippen molar-refractivity contribution in [2.45, 2.75) is 39.7 Å². The number of hydrogen-bond acceptors (Lipinski definition) is 2. The van der Waals surface area contributed by atoms with Gasteiger partial charge in [0.05, 0.1) is 11.0 Å². The predicted molar refractivity (Wildman–Crippen MR) is 82.2 cm³/mol. The first-order valence-electron chi connectivity index (χ1n) is 6.99. The van der Waals surface area contributed by atoms with E-state index in [2.05, 4.69) is 41.6 Å². The number of nitrogens with one attached hydrogen (secondary N) is 1. The molecule has 104 valence electrons. The average Bonchev–Trinajstić information content (AvgIpc) is 2.69. The number of rotatable bonds is 7. The van der Waals surface area contributed by atoms with Crippen LogP contribution in [0.3, 0.4) is 0 Å². The maximum Gasteiger partial charge on any atom is 0.178 e. The van der Waals surface area contributed by atoms with Crippen LogP contribution < -0.4 is 0 Å². The molecule has 0 aliphatic rings. The second-order valence-electron chi connectivity index (χ2n) is 4.92. The topological polar surface area (TPSA) is 29.9 Å². The molecule has 0 amide bonds. The van der Waals surface area contributed by atoms with Gasteiger partial charge in [0.1, 0.15) is 0 Å². The van der Waals surface area contributed by atoms with Crippen LogP contribution in [0.2, 0.25) is 0 Å². The second-order valence-corrected chi connectivity index (χ2v) is 5.31. The van der Waals surface area contributed by atoms with Gasteiger partial charge in [0, 0.05) is 19.8 Å². The third-order valence-electron chi connectivity index (χ3n) is 3.24. The third kappa shape index (κ3) is 3.67. The molecule has 4 heteroatoms.